The van der Waals surface area contributed by atoms with Crippen LogP contribution in [0, 0.1) is 5.92 Å². The first-order valence-corrected chi connectivity index (χ1v) is 9.32. The third-order valence-corrected chi connectivity index (χ3v) is 5.22. The summed E-state index contributed by atoms with van der Waals surface area (Å²) < 4.78 is 0. The van der Waals surface area contributed by atoms with Crippen molar-refractivity contribution >= 4 is 11.8 Å². The van der Waals surface area contributed by atoms with Crippen LogP contribution < -0.4 is 10.6 Å². The lowest BCUT2D eigenvalue weighted by atomic mass is 9.84. The molecule has 0 atom stereocenters. The molecule has 0 radical (unpaired) electrons. The molecule has 1 aliphatic heterocycles. The van der Waals surface area contributed by atoms with Crippen molar-refractivity contribution in [2.75, 3.05) is 23.7 Å². The maximum absolute atomic E-state index is 4.80. The minimum absolute atomic E-state index is 0.362. The number of anilines is 2. The van der Waals surface area contributed by atoms with Gasteiger partial charge in [-0.15, -0.1) is 0 Å². The summed E-state index contributed by atoms with van der Waals surface area (Å²) in [5.41, 5.74) is 2.59. The smallest absolute Gasteiger partial charge is 0.225 e. The Balaban J connectivity index is 1.54. The highest BCUT2D eigenvalue weighted by atomic mass is 15.2. The minimum Gasteiger partial charge on any atom is -0.367 e. The van der Waals surface area contributed by atoms with Crippen molar-refractivity contribution in [1.82, 2.24) is 14.9 Å². The molecule has 0 aromatic carbocycles. The van der Waals surface area contributed by atoms with E-state index >= 15 is 0 Å². The molecule has 126 valence electrons. The van der Waals surface area contributed by atoms with Gasteiger partial charge in [-0.1, -0.05) is 6.42 Å². The van der Waals surface area contributed by atoms with Gasteiger partial charge in [-0.25, -0.2) is 4.98 Å². The number of aromatic nitrogens is 2. The van der Waals surface area contributed by atoms with Crippen LogP contribution >= 0.6 is 0 Å². The predicted molar refractivity (Wildman–Crippen MR) is 93.8 cm³/mol. The first-order chi connectivity index (χ1) is 11.2. The molecule has 2 fully saturated rings. The Hall–Kier alpha value is -1.36. The summed E-state index contributed by atoms with van der Waals surface area (Å²) >= 11 is 0. The molecular weight excluding hydrogens is 286 g/mol. The van der Waals surface area contributed by atoms with Crippen molar-refractivity contribution in [3.8, 4) is 0 Å². The van der Waals surface area contributed by atoms with Gasteiger partial charge in [0.25, 0.3) is 0 Å². The van der Waals surface area contributed by atoms with Crippen molar-refractivity contribution < 1.29 is 0 Å². The van der Waals surface area contributed by atoms with E-state index < -0.39 is 0 Å². The highest BCUT2D eigenvalue weighted by Crippen LogP contribution is 2.32. The van der Waals surface area contributed by atoms with Crippen LogP contribution in [0.5, 0.6) is 0 Å². The number of nitrogens with zero attached hydrogens (tertiary/aromatic N) is 3. The first kappa shape index (κ1) is 15.2. The van der Waals surface area contributed by atoms with E-state index in [4.69, 9.17) is 9.97 Å². The molecule has 5 nitrogen and oxygen atoms in total. The number of hydrogen-bond acceptors (Lipinski definition) is 5. The van der Waals surface area contributed by atoms with Gasteiger partial charge in [0.05, 0.1) is 5.69 Å². The summed E-state index contributed by atoms with van der Waals surface area (Å²) in [6.07, 6.45) is 7.87. The van der Waals surface area contributed by atoms with E-state index in [1.54, 1.807) is 0 Å². The molecule has 0 unspecified atom stereocenters. The maximum Gasteiger partial charge on any atom is 0.225 e. The number of nitrogens with one attached hydrogen (secondary N) is 2. The van der Waals surface area contributed by atoms with Gasteiger partial charge in [0, 0.05) is 43.7 Å². The molecular formula is C18H29N5. The van der Waals surface area contributed by atoms with Crippen LogP contribution in [-0.2, 0) is 13.0 Å². The van der Waals surface area contributed by atoms with Gasteiger partial charge in [-0.05, 0) is 45.4 Å². The van der Waals surface area contributed by atoms with Gasteiger partial charge < -0.3 is 10.6 Å². The third kappa shape index (κ3) is 3.60. The Bertz CT molecular complexity index is 563. The Morgan fingerprint density at radius 3 is 2.65 bits per heavy atom. The summed E-state index contributed by atoms with van der Waals surface area (Å²) in [5, 5.41) is 7.02. The molecule has 2 N–H and O–H groups in total. The maximum atomic E-state index is 4.80. The normalized spacial score (nSPS) is 21.9. The van der Waals surface area contributed by atoms with Crippen molar-refractivity contribution in [2.45, 2.75) is 71.0 Å². The SMILES string of the molecule is CC(C)Nc1nc2c(c(NC3CC3)n1)CN(CC1CCC1)CC2. The topological polar surface area (TPSA) is 53.1 Å². The summed E-state index contributed by atoms with van der Waals surface area (Å²) in [6.45, 7) is 7.69. The van der Waals surface area contributed by atoms with Crippen molar-refractivity contribution in [1.29, 1.82) is 0 Å². The zero-order chi connectivity index (χ0) is 15.8. The molecule has 3 aliphatic rings. The Labute approximate surface area is 139 Å². The average molecular weight is 315 g/mol. The molecule has 0 spiro atoms. The third-order valence-electron chi connectivity index (χ3n) is 5.22. The number of hydrogen-bond donors (Lipinski definition) is 2. The molecule has 0 bridgehead atoms. The number of rotatable bonds is 6. The summed E-state index contributed by atoms with van der Waals surface area (Å²) in [5.74, 6) is 2.80. The van der Waals surface area contributed by atoms with E-state index in [1.807, 2.05) is 0 Å². The number of fused-ring (bicyclic) bond motifs is 1. The molecule has 2 saturated carbocycles. The van der Waals surface area contributed by atoms with E-state index in [1.165, 1.54) is 49.9 Å². The monoisotopic (exact) mass is 315 g/mol. The molecule has 2 heterocycles. The standard InChI is InChI=1S/C18H29N5/c1-12(2)19-18-21-16-8-9-23(10-13-4-3-5-13)11-15(16)17(22-18)20-14-6-7-14/h12-14H,3-11H2,1-2H3,(H2,19,20,21,22). The molecule has 23 heavy (non-hydrogen) atoms. The van der Waals surface area contributed by atoms with Gasteiger partial charge in [0.1, 0.15) is 5.82 Å². The minimum atomic E-state index is 0.362. The Kier molecular flexibility index (Phi) is 4.14. The van der Waals surface area contributed by atoms with Gasteiger partial charge in [0.2, 0.25) is 5.95 Å². The fourth-order valence-corrected chi connectivity index (χ4v) is 3.53. The highest BCUT2D eigenvalue weighted by Gasteiger charge is 2.29. The van der Waals surface area contributed by atoms with Crippen LogP contribution in [0.4, 0.5) is 11.8 Å². The predicted octanol–water partition coefficient (Wildman–Crippen LogP) is 3.03. The fraction of sp³-hybridized carbons (Fsp3) is 0.778. The summed E-state index contributed by atoms with van der Waals surface area (Å²) in [6, 6.07) is 0.989. The van der Waals surface area contributed by atoms with Crippen molar-refractivity contribution in [2.24, 2.45) is 5.92 Å². The molecule has 2 aliphatic carbocycles. The molecule has 1 aromatic rings. The van der Waals surface area contributed by atoms with Crippen molar-refractivity contribution in [3.05, 3.63) is 11.3 Å². The first-order valence-electron chi connectivity index (χ1n) is 9.32. The van der Waals surface area contributed by atoms with Crippen LogP contribution in [-0.4, -0.2) is 40.0 Å². The van der Waals surface area contributed by atoms with E-state index in [0.29, 0.717) is 12.1 Å². The van der Waals surface area contributed by atoms with Gasteiger partial charge >= 0.3 is 0 Å². The second-order valence-corrected chi connectivity index (χ2v) is 7.82. The molecule has 0 saturated heterocycles. The quantitative estimate of drug-likeness (QED) is 0.845. The fourth-order valence-electron chi connectivity index (χ4n) is 3.53. The second-order valence-electron chi connectivity index (χ2n) is 7.82. The zero-order valence-corrected chi connectivity index (χ0v) is 14.4. The summed E-state index contributed by atoms with van der Waals surface area (Å²) in [7, 11) is 0. The molecule has 0 amide bonds. The zero-order valence-electron chi connectivity index (χ0n) is 14.4. The van der Waals surface area contributed by atoms with Crippen molar-refractivity contribution in [3.63, 3.8) is 0 Å². The van der Waals surface area contributed by atoms with Crippen LogP contribution in [0.3, 0.4) is 0 Å². The van der Waals surface area contributed by atoms with Crippen LogP contribution in [0.1, 0.15) is 57.2 Å². The highest BCUT2D eigenvalue weighted by molar-refractivity contribution is 5.53. The van der Waals surface area contributed by atoms with Gasteiger partial charge in [-0.2, -0.15) is 4.98 Å². The largest absolute Gasteiger partial charge is 0.367 e. The molecule has 5 heteroatoms. The lowest BCUT2D eigenvalue weighted by Gasteiger charge is -2.35. The van der Waals surface area contributed by atoms with Crippen LogP contribution in [0.2, 0.25) is 0 Å². The van der Waals surface area contributed by atoms with E-state index in [9.17, 15) is 0 Å². The lowest BCUT2D eigenvalue weighted by molar-refractivity contribution is 0.165. The molecule has 4 rings (SSSR count). The van der Waals surface area contributed by atoms with E-state index in [-0.39, 0.29) is 0 Å². The summed E-state index contributed by atoms with van der Waals surface area (Å²) in [4.78, 5) is 12.2. The second kappa shape index (κ2) is 6.27. The van der Waals surface area contributed by atoms with Gasteiger partial charge in [-0.3, -0.25) is 4.90 Å². The lowest BCUT2D eigenvalue weighted by Crippen LogP contribution is -2.37. The van der Waals surface area contributed by atoms with E-state index in [2.05, 4.69) is 29.4 Å². The average Bonchev–Trinajstić information content (AvgIpc) is 3.26. The molecule has 1 aromatic heterocycles. The van der Waals surface area contributed by atoms with Gasteiger partial charge in [0.15, 0.2) is 0 Å². The van der Waals surface area contributed by atoms with Crippen LogP contribution in [0.25, 0.3) is 0 Å². The van der Waals surface area contributed by atoms with E-state index in [0.717, 1.165) is 37.2 Å². The Morgan fingerprint density at radius 2 is 2.00 bits per heavy atom. The Morgan fingerprint density at radius 1 is 1.17 bits per heavy atom. The van der Waals surface area contributed by atoms with Crippen LogP contribution in [0.15, 0.2) is 0 Å².